The van der Waals surface area contributed by atoms with Crippen LogP contribution in [0.15, 0.2) is 24.3 Å². The molecule has 0 bridgehead atoms. The van der Waals surface area contributed by atoms with Crippen molar-refractivity contribution in [3.63, 3.8) is 0 Å². The molecule has 3 nitrogen and oxygen atoms in total. The second-order valence-electron chi connectivity index (χ2n) is 5.47. The summed E-state index contributed by atoms with van der Waals surface area (Å²) < 4.78 is 0. The average Bonchev–Trinajstić information content (AvgIpc) is 2.85. The molecule has 0 heterocycles. The standard InChI is InChI=1S/C15H22N2O/c1-15(8-2-3-9-15)14(18)17-11-13-6-4-12(10-16)5-7-13/h4-7H,2-3,8-11,16H2,1H3,(H,17,18). The first-order valence-corrected chi connectivity index (χ1v) is 6.70. The second kappa shape index (κ2) is 5.53. The number of rotatable bonds is 4. The van der Waals surface area contributed by atoms with Crippen LogP contribution in [-0.4, -0.2) is 5.91 Å². The molecule has 0 unspecified atom stereocenters. The Bertz CT molecular complexity index is 405. The Morgan fingerprint density at radius 3 is 2.33 bits per heavy atom. The third-order valence-electron chi connectivity index (χ3n) is 3.97. The Balaban J connectivity index is 1.88. The van der Waals surface area contributed by atoms with Crippen molar-refractivity contribution in [2.24, 2.45) is 11.1 Å². The van der Waals surface area contributed by atoms with Crippen molar-refractivity contribution in [1.29, 1.82) is 0 Å². The first-order chi connectivity index (χ1) is 8.64. The monoisotopic (exact) mass is 246 g/mol. The van der Waals surface area contributed by atoms with Crippen molar-refractivity contribution >= 4 is 5.91 Å². The van der Waals surface area contributed by atoms with Crippen LogP contribution < -0.4 is 11.1 Å². The molecule has 3 heteroatoms. The first-order valence-electron chi connectivity index (χ1n) is 6.70. The van der Waals surface area contributed by atoms with Crippen molar-refractivity contribution < 1.29 is 4.79 Å². The lowest BCUT2D eigenvalue weighted by molar-refractivity contribution is -0.130. The Hall–Kier alpha value is -1.35. The summed E-state index contributed by atoms with van der Waals surface area (Å²) in [5.74, 6) is 0.197. The zero-order chi connectivity index (χ0) is 13.0. The van der Waals surface area contributed by atoms with Gasteiger partial charge in [-0.2, -0.15) is 0 Å². The summed E-state index contributed by atoms with van der Waals surface area (Å²) in [4.78, 5) is 12.1. The number of nitrogens with two attached hydrogens (primary N) is 1. The molecule has 0 saturated heterocycles. The van der Waals surface area contributed by atoms with Gasteiger partial charge in [0, 0.05) is 18.5 Å². The van der Waals surface area contributed by atoms with Crippen LogP contribution in [-0.2, 0) is 17.9 Å². The van der Waals surface area contributed by atoms with E-state index in [1.54, 1.807) is 0 Å². The highest BCUT2D eigenvalue weighted by atomic mass is 16.2. The Morgan fingerprint density at radius 1 is 1.22 bits per heavy atom. The molecule has 0 spiro atoms. The SMILES string of the molecule is CC1(C(=O)NCc2ccc(CN)cc2)CCCC1. The lowest BCUT2D eigenvalue weighted by Gasteiger charge is -2.22. The maximum absolute atomic E-state index is 12.1. The molecule has 2 rings (SSSR count). The number of benzene rings is 1. The van der Waals surface area contributed by atoms with Crippen LogP contribution in [0.5, 0.6) is 0 Å². The number of hydrogen-bond donors (Lipinski definition) is 2. The van der Waals surface area contributed by atoms with Gasteiger partial charge in [-0.25, -0.2) is 0 Å². The lowest BCUT2D eigenvalue weighted by atomic mass is 9.88. The van der Waals surface area contributed by atoms with E-state index < -0.39 is 0 Å². The predicted octanol–water partition coefficient (Wildman–Crippen LogP) is 2.34. The van der Waals surface area contributed by atoms with Crippen molar-refractivity contribution in [3.05, 3.63) is 35.4 Å². The van der Waals surface area contributed by atoms with Gasteiger partial charge < -0.3 is 11.1 Å². The van der Waals surface area contributed by atoms with E-state index in [0.717, 1.165) is 24.0 Å². The summed E-state index contributed by atoms with van der Waals surface area (Å²) in [6.45, 7) is 3.25. The number of carbonyl (C=O) groups is 1. The van der Waals surface area contributed by atoms with Crippen LogP contribution >= 0.6 is 0 Å². The predicted molar refractivity (Wildman–Crippen MR) is 72.8 cm³/mol. The van der Waals surface area contributed by atoms with Crippen LogP contribution in [0.2, 0.25) is 0 Å². The van der Waals surface area contributed by atoms with Crippen molar-refractivity contribution in [2.45, 2.75) is 45.7 Å². The average molecular weight is 246 g/mol. The van der Waals surface area contributed by atoms with E-state index in [9.17, 15) is 4.79 Å². The molecule has 1 aromatic carbocycles. The van der Waals surface area contributed by atoms with Gasteiger partial charge in [-0.3, -0.25) is 4.79 Å². The molecule has 1 aromatic rings. The van der Waals surface area contributed by atoms with Gasteiger partial charge in [0.15, 0.2) is 0 Å². The minimum absolute atomic E-state index is 0.142. The van der Waals surface area contributed by atoms with Crippen LogP contribution in [0.3, 0.4) is 0 Å². The summed E-state index contributed by atoms with van der Waals surface area (Å²) in [5, 5.41) is 3.05. The van der Waals surface area contributed by atoms with E-state index in [-0.39, 0.29) is 11.3 Å². The van der Waals surface area contributed by atoms with E-state index >= 15 is 0 Å². The van der Waals surface area contributed by atoms with Crippen molar-refractivity contribution in [2.75, 3.05) is 0 Å². The maximum Gasteiger partial charge on any atom is 0.226 e. The molecule has 0 radical (unpaired) electrons. The molecule has 1 amide bonds. The van der Waals surface area contributed by atoms with Gasteiger partial charge in [0.1, 0.15) is 0 Å². The third kappa shape index (κ3) is 2.91. The normalized spacial score (nSPS) is 17.7. The fourth-order valence-corrected chi connectivity index (χ4v) is 2.57. The topological polar surface area (TPSA) is 55.1 Å². The molecule has 0 aromatic heterocycles. The molecular formula is C15H22N2O. The molecule has 1 saturated carbocycles. The molecule has 1 aliphatic carbocycles. The minimum atomic E-state index is -0.142. The third-order valence-corrected chi connectivity index (χ3v) is 3.97. The van der Waals surface area contributed by atoms with Crippen LogP contribution in [0, 0.1) is 5.41 Å². The highest BCUT2D eigenvalue weighted by molar-refractivity contribution is 5.82. The van der Waals surface area contributed by atoms with E-state index in [1.807, 2.05) is 24.3 Å². The lowest BCUT2D eigenvalue weighted by Crippen LogP contribution is -2.36. The van der Waals surface area contributed by atoms with Gasteiger partial charge in [0.05, 0.1) is 0 Å². The van der Waals surface area contributed by atoms with Crippen LogP contribution in [0.1, 0.15) is 43.7 Å². The molecule has 0 atom stereocenters. The summed E-state index contributed by atoms with van der Waals surface area (Å²) in [7, 11) is 0. The molecule has 1 aliphatic rings. The van der Waals surface area contributed by atoms with E-state index in [1.165, 1.54) is 12.8 Å². The van der Waals surface area contributed by atoms with Crippen LogP contribution in [0.4, 0.5) is 0 Å². The van der Waals surface area contributed by atoms with Crippen molar-refractivity contribution in [1.82, 2.24) is 5.32 Å². The van der Waals surface area contributed by atoms with Gasteiger partial charge in [-0.05, 0) is 24.0 Å². The number of nitrogens with one attached hydrogen (secondary N) is 1. The highest BCUT2D eigenvalue weighted by Crippen LogP contribution is 2.37. The summed E-state index contributed by atoms with van der Waals surface area (Å²) in [6.07, 6.45) is 4.39. The maximum atomic E-state index is 12.1. The van der Waals surface area contributed by atoms with E-state index in [2.05, 4.69) is 12.2 Å². The number of carbonyl (C=O) groups excluding carboxylic acids is 1. The molecule has 3 N–H and O–H groups in total. The zero-order valence-corrected chi connectivity index (χ0v) is 11.0. The number of hydrogen-bond acceptors (Lipinski definition) is 2. The Labute approximate surface area is 109 Å². The smallest absolute Gasteiger partial charge is 0.226 e. The van der Waals surface area contributed by atoms with E-state index in [4.69, 9.17) is 5.73 Å². The Kier molecular flexibility index (Phi) is 4.02. The second-order valence-corrected chi connectivity index (χ2v) is 5.47. The fraction of sp³-hybridized carbons (Fsp3) is 0.533. The number of amides is 1. The largest absolute Gasteiger partial charge is 0.352 e. The fourth-order valence-electron chi connectivity index (χ4n) is 2.57. The molecular weight excluding hydrogens is 224 g/mol. The van der Waals surface area contributed by atoms with Gasteiger partial charge in [-0.1, -0.05) is 44.0 Å². The molecule has 98 valence electrons. The van der Waals surface area contributed by atoms with Gasteiger partial charge in [-0.15, -0.1) is 0 Å². The zero-order valence-electron chi connectivity index (χ0n) is 11.0. The highest BCUT2D eigenvalue weighted by Gasteiger charge is 2.35. The summed E-state index contributed by atoms with van der Waals surface area (Å²) in [6, 6.07) is 8.08. The van der Waals surface area contributed by atoms with Crippen LogP contribution in [0.25, 0.3) is 0 Å². The quantitative estimate of drug-likeness (QED) is 0.856. The van der Waals surface area contributed by atoms with Gasteiger partial charge in [0.2, 0.25) is 5.91 Å². The molecule has 1 fully saturated rings. The first kappa shape index (κ1) is 13.1. The van der Waals surface area contributed by atoms with Gasteiger partial charge >= 0.3 is 0 Å². The van der Waals surface area contributed by atoms with Gasteiger partial charge in [0.25, 0.3) is 0 Å². The summed E-state index contributed by atoms with van der Waals surface area (Å²) in [5.41, 5.74) is 7.66. The van der Waals surface area contributed by atoms with Crippen molar-refractivity contribution in [3.8, 4) is 0 Å². The van der Waals surface area contributed by atoms with E-state index in [0.29, 0.717) is 13.1 Å². The Morgan fingerprint density at radius 2 is 1.78 bits per heavy atom. The summed E-state index contributed by atoms with van der Waals surface area (Å²) >= 11 is 0. The molecule has 0 aliphatic heterocycles. The minimum Gasteiger partial charge on any atom is -0.352 e. The molecule has 18 heavy (non-hydrogen) atoms.